The fourth-order valence-corrected chi connectivity index (χ4v) is 3.27. The van der Waals surface area contributed by atoms with Crippen molar-refractivity contribution in [2.24, 2.45) is 5.92 Å². The highest BCUT2D eigenvalue weighted by Gasteiger charge is 2.26. The lowest BCUT2D eigenvalue weighted by molar-refractivity contribution is -0.133. The summed E-state index contributed by atoms with van der Waals surface area (Å²) in [6.45, 7) is 3.57. The molecule has 0 spiro atoms. The summed E-state index contributed by atoms with van der Waals surface area (Å²) in [5.74, 6) is 0.949. The highest BCUT2D eigenvalue weighted by molar-refractivity contribution is 7.99. The third-order valence-corrected chi connectivity index (χ3v) is 4.66. The number of nitrogens with one attached hydrogen (secondary N) is 1. The first kappa shape index (κ1) is 15.9. The lowest BCUT2D eigenvalue weighted by Gasteiger charge is -2.31. The van der Waals surface area contributed by atoms with Gasteiger partial charge in [0.25, 0.3) is 0 Å². The highest BCUT2D eigenvalue weighted by Crippen LogP contribution is 2.18. The van der Waals surface area contributed by atoms with E-state index in [4.69, 9.17) is 0 Å². The zero-order valence-corrected chi connectivity index (χ0v) is 13.2. The molecule has 2 amide bonds. The molecule has 1 aliphatic heterocycles. The number of rotatable bonds is 5. The molecule has 114 valence electrons. The van der Waals surface area contributed by atoms with Gasteiger partial charge in [-0.15, -0.1) is 11.8 Å². The second kappa shape index (κ2) is 8.08. The van der Waals surface area contributed by atoms with Crippen LogP contribution in [0, 0.1) is 5.92 Å². The Bertz CT molecular complexity index is 478. The Morgan fingerprint density at radius 3 is 2.81 bits per heavy atom. The number of thioether (sulfide) groups is 1. The Balaban J connectivity index is 1.68. The Morgan fingerprint density at radius 1 is 1.33 bits per heavy atom. The van der Waals surface area contributed by atoms with E-state index in [1.807, 2.05) is 18.2 Å². The predicted molar refractivity (Wildman–Crippen MR) is 85.2 cm³/mol. The van der Waals surface area contributed by atoms with Crippen LogP contribution < -0.4 is 5.32 Å². The molecule has 1 atom stereocenters. The van der Waals surface area contributed by atoms with Crippen LogP contribution in [0.4, 0.5) is 0 Å². The summed E-state index contributed by atoms with van der Waals surface area (Å²) < 4.78 is 0. The molecule has 1 heterocycles. The maximum absolute atomic E-state index is 12.1. The molecule has 0 aliphatic carbocycles. The van der Waals surface area contributed by atoms with E-state index in [9.17, 15) is 9.59 Å². The topological polar surface area (TPSA) is 49.4 Å². The summed E-state index contributed by atoms with van der Waals surface area (Å²) in [5, 5.41) is 2.98. The number of benzene rings is 1. The van der Waals surface area contributed by atoms with Crippen molar-refractivity contribution in [1.29, 1.82) is 0 Å². The molecule has 0 unspecified atom stereocenters. The van der Waals surface area contributed by atoms with Gasteiger partial charge in [0, 0.05) is 37.2 Å². The van der Waals surface area contributed by atoms with Crippen molar-refractivity contribution in [1.82, 2.24) is 10.2 Å². The molecule has 2 rings (SSSR count). The number of nitrogens with zero attached hydrogens (tertiary/aromatic N) is 1. The number of carbonyl (C=O) groups excluding carboxylic acids is 2. The molecule has 1 aliphatic rings. The van der Waals surface area contributed by atoms with Crippen LogP contribution in [0.3, 0.4) is 0 Å². The SMILES string of the molecule is CC(=O)N1CCC[C@H](C(=O)NCCSc2ccccc2)C1. The molecule has 21 heavy (non-hydrogen) atoms. The largest absolute Gasteiger partial charge is 0.355 e. The second-order valence-corrected chi connectivity index (χ2v) is 6.43. The van der Waals surface area contributed by atoms with Crippen molar-refractivity contribution in [3.8, 4) is 0 Å². The molecule has 1 fully saturated rings. The minimum absolute atomic E-state index is 0.0515. The van der Waals surface area contributed by atoms with E-state index in [2.05, 4.69) is 17.4 Å². The van der Waals surface area contributed by atoms with E-state index in [-0.39, 0.29) is 17.7 Å². The van der Waals surface area contributed by atoms with E-state index in [0.717, 1.165) is 25.1 Å². The first-order valence-corrected chi connectivity index (χ1v) is 8.36. The fourth-order valence-electron chi connectivity index (χ4n) is 2.48. The average Bonchev–Trinajstić information content (AvgIpc) is 2.52. The molecule has 0 radical (unpaired) electrons. The van der Waals surface area contributed by atoms with Gasteiger partial charge >= 0.3 is 0 Å². The van der Waals surface area contributed by atoms with Crippen LogP contribution in [0.1, 0.15) is 19.8 Å². The van der Waals surface area contributed by atoms with Crippen LogP contribution >= 0.6 is 11.8 Å². The van der Waals surface area contributed by atoms with Crippen molar-refractivity contribution in [2.75, 3.05) is 25.4 Å². The van der Waals surface area contributed by atoms with Crippen molar-refractivity contribution >= 4 is 23.6 Å². The van der Waals surface area contributed by atoms with Crippen LogP contribution in [0.5, 0.6) is 0 Å². The Kier molecular flexibility index (Phi) is 6.11. The minimum Gasteiger partial charge on any atom is -0.355 e. The van der Waals surface area contributed by atoms with E-state index >= 15 is 0 Å². The predicted octanol–water partition coefficient (Wildman–Crippen LogP) is 2.15. The zero-order valence-electron chi connectivity index (χ0n) is 12.4. The summed E-state index contributed by atoms with van der Waals surface area (Å²) in [6.07, 6.45) is 1.79. The maximum atomic E-state index is 12.1. The molecule has 1 saturated heterocycles. The molecule has 1 aromatic carbocycles. The van der Waals surface area contributed by atoms with Gasteiger partial charge < -0.3 is 10.2 Å². The number of piperidine rings is 1. The van der Waals surface area contributed by atoms with Crippen molar-refractivity contribution in [3.05, 3.63) is 30.3 Å². The first-order chi connectivity index (χ1) is 10.2. The Hall–Kier alpha value is -1.49. The summed E-state index contributed by atoms with van der Waals surface area (Å²) >= 11 is 1.74. The monoisotopic (exact) mass is 306 g/mol. The van der Waals surface area contributed by atoms with Crippen LogP contribution in [-0.4, -0.2) is 42.1 Å². The van der Waals surface area contributed by atoms with Crippen molar-refractivity contribution < 1.29 is 9.59 Å². The normalized spacial score (nSPS) is 18.3. The van der Waals surface area contributed by atoms with E-state index < -0.39 is 0 Å². The van der Waals surface area contributed by atoms with E-state index in [1.54, 1.807) is 23.6 Å². The van der Waals surface area contributed by atoms with Crippen LogP contribution in [0.2, 0.25) is 0 Å². The highest BCUT2D eigenvalue weighted by atomic mass is 32.2. The van der Waals surface area contributed by atoms with E-state index in [0.29, 0.717) is 13.1 Å². The quantitative estimate of drug-likeness (QED) is 0.670. The summed E-state index contributed by atoms with van der Waals surface area (Å²) in [6, 6.07) is 10.2. The van der Waals surface area contributed by atoms with Gasteiger partial charge in [0.2, 0.25) is 11.8 Å². The zero-order chi connectivity index (χ0) is 15.1. The summed E-state index contributed by atoms with van der Waals surface area (Å²) in [4.78, 5) is 26.5. The molecular formula is C16H22N2O2S. The van der Waals surface area contributed by atoms with Crippen LogP contribution in [0.25, 0.3) is 0 Å². The number of amides is 2. The number of likely N-dealkylation sites (tertiary alicyclic amines) is 1. The van der Waals surface area contributed by atoms with Gasteiger partial charge in [-0.2, -0.15) is 0 Å². The molecule has 1 aromatic rings. The molecule has 0 bridgehead atoms. The molecule has 1 N–H and O–H groups in total. The first-order valence-electron chi connectivity index (χ1n) is 7.38. The number of hydrogen-bond donors (Lipinski definition) is 1. The molecule has 5 heteroatoms. The lowest BCUT2D eigenvalue weighted by Crippen LogP contribution is -2.45. The molecule has 0 saturated carbocycles. The standard InChI is InChI=1S/C16H22N2O2S/c1-13(19)18-10-5-6-14(12-18)16(20)17-9-11-21-15-7-3-2-4-8-15/h2-4,7-8,14H,5-6,9-12H2,1H3,(H,17,20)/t14-/m0/s1. The maximum Gasteiger partial charge on any atom is 0.224 e. The van der Waals surface area contributed by atoms with Crippen molar-refractivity contribution in [3.63, 3.8) is 0 Å². The van der Waals surface area contributed by atoms with Gasteiger partial charge in [0.1, 0.15) is 0 Å². The lowest BCUT2D eigenvalue weighted by atomic mass is 9.97. The average molecular weight is 306 g/mol. The van der Waals surface area contributed by atoms with Gasteiger partial charge in [-0.1, -0.05) is 18.2 Å². The summed E-state index contributed by atoms with van der Waals surface area (Å²) in [7, 11) is 0. The molecular weight excluding hydrogens is 284 g/mol. The minimum atomic E-state index is -0.0515. The Labute approximate surface area is 130 Å². The molecule has 0 aromatic heterocycles. The summed E-state index contributed by atoms with van der Waals surface area (Å²) in [5.41, 5.74) is 0. The van der Waals surface area contributed by atoms with Gasteiger partial charge in [-0.05, 0) is 25.0 Å². The van der Waals surface area contributed by atoms with Crippen LogP contribution in [-0.2, 0) is 9.59 Å². The third kappa shape index (κ3) is 5.08. The van der Waals surface area contributed by atoms with Gasteiger partial charge in [0.15, 0.2) is 0 Å². The third-order valence-electron chi connectivity index (χ3n) is 3.65. The van der Waals surface area contributed by atoms with Gasteiger partial charge in [0.05, 0.1) is 5.92 Å². The smallest absolute Gasteiger partial charge is 0.224 e. The van der Waals surface area contributed by atoms with Gasteiger partial charge in [-0.25, -0.2) is 0 Å². The van der Waals surface area contributed by atoms with Gasteiger partial charge in [-0.3, -0.25) is 9.59 Å². The number of carbonyl (C=O) groups is 2. The van der Waals surface area contributed by atoms with E-state index in [1.165, 1.54) is 4.90 Å². The van der Waals surface area contributed by atoms with Crippen molar-refractivity contribution in [2.45, 2.75) is 24.7 Å². The molecule has 4 nitrogen and oxygen atoms in total. The fraction of sp³-hybridized carbons (Fsp3) is 0.500. The second-order valence-electron chi connectivity index (χ2n) is 5.26. The number of hydrogen-bond acceptors (Lipinski definition) is 3. The Morgan fingerprint density at radius 2 is 2.10 bits per heavy atom. The van der Waals surface area contributed by atoms with Crippen LogP contribution in [0.15, 0.2) is 35.2 Å².